The second-order valence-electron chi connectivity index (χ2n) is 7.19. The van der Waals surface area contributed by atoms with E-state index >= 15 is 0 Å². The summed E-state index contributed by atoms with van der Waals surface area (Å²) >= 11 is 0.750. The zero-order chi connectivity index (χ0) is 24.7. The highest BCUT2D eigenvalue weighted by atomic mass is 32.2. The number of nitrogens with zero attached hydrogens (tertiary/aromatic N) is 1. The lowest BCUT2D eigenvalue weighted by molar-refractivity contribution is -0.145. The minimum atomic E-state index is -0.649. The lowest BCUT2D eigenvalue weighted by Crippen LogP contribution is -2.34. The van der Waals surface area contributed by atoms with Gasteiger partial charge in [-0.25, -0.2) is 4.39 Å². The normalized spacial score (nSPS) is 14.4. The van der Waals surface area contributed by atoms with Crippen LogP contribution in [0.15, 0.2) is 54.0 Å². The van der Waals surface area contributed by atoms with Gasteiger partial charge < -0.3 is 14.2 Å². The predicted octanol–water partition coefficient (Wildman–Crippen LogP) is 4.74. The number of benzene rings is 2. The molecule has 1 fully saturated rings. The van der Waals surface area contributed by atoms with Crippen LogP contribution in [0.1, 0.15) is 23.6 Å². The Bertz CT molecular complexity index is 1130. The quantitative estimate of drug-likeness (QED) is 0.273. The molecule has 0 N–H and O–H groups in total. The number of ether oxygens (including phenoxy) is 3. The molecule has 2 aromatic carbocycles. The van der Waals surface area contributed by atoms with Crippen LogP contribution in [-0.2, 0) is 27.4 Å². The van der Waals surface area contributed by atoms with E-state index in [0.29, 0.717) is 23.5 Å². The van der Waals surface area contributed by atoms with Crippen LogP contribution in [0.3, 0.4) is 0 Å². The molecule has 0 atom stereocenters. The minimum Gasteiger partial charge on any atom is -0.493 e. The van der Waals surface area contributed by atoms with Crippen molar-refractivity contribution in [1.82, 2.24) is 4.90 Å². The van der Waals surface area contributed by atoms with E-state index in [1.807, 2.05) is 6.07 Å². The summed E-state index contributed by atoms with van der Waals surface area (Å²) in [7, 11) is 1.49. The van der Waals surface area contributed by atoms with Crippen LogP contribution in [0.25, 0.3) is 6.08 Å². The summed E-state index contributed by atoms with van der Waals surface area (Å²) in [4.78, 5) is 37.7. The molecule has 0 radical (unpaired) electrons. The van der Waals surface area contributed by atoms with Gasteiger partial charge in [0, 0.05) is 5.56 Å². The maximum Gasteiger partial charge on any atom is 0.326 e. The van der Waals surface area contributed by atoms with Crippen molar-refractivity contribution in [2.75, 3.05) is 20.3 Å². The molecule has 1 aliphatic heterocycles. The van der Waals surface area contributed by atoms with E-state index in [4.69, 9.17) is 14.2 Å². The summed E-state index contributed by atoms with van der Waals surface area (Å²) in [6, 6.07) is 9.48. The Hall–Kier alpha value is -3.59. The Kier molecular flexibility index (Phi) is 8.48. The summed E-state index contributed by atoms with van der Waals surface area (Å²) in [5.41, 5.74) is 2.16. The highest BCUT2D eigenvalue weighted by Gasteiger charge is 2.36. The van der Waals surface area contributed by atoms with E-state index in [-0.39, 0.29) is 23.9 Å². The van der Waals surface area contributed by atoms with Gasteiger partial charge in [0.1, 0.15) is 19.0 Å². The minimum absolute atomic E-state index is 0.159. The third-order valence-corrected chi connectivity index (χ3v) is 5.71. The molecular weight excluding hydrogens is 461 g/mol. The predicted molar refractivity (Wildman–Crippen MR) is 127 cm³/mol. The number of rotatable bonds is 10. The molecule has 0 saturated carbocycles. The van der Waals surface area contributed by atoms with E-state index in [1.165, 1.54) is 19.2 Å². The fraction of sp³-hybridized carbons (Fsp3) is 0.240. The first kappa shape index (κ1) is 25.0. The number of carbonyl (C=O) groups is 3. The van der Waals surface area contributed by atoms with Crippen molar-refractivity contribution in [2.45, 2.75) is 20.0 Å². The number of halogens is 1. The van der Waals surface area contributed by atoms with Crippen molar-refractivity contribution >= 4 is 35.0 Å². The van der Waals surface area contributed by atoms with Gasteiger partial charge in [0.05, 0.1) is 18.6 Å². The zero-order valence-corrected chi connectivity index (χ0v) is 19.7. The number of hydrogen-bond acceptors (Lipinski definition) is 7. The van der Waals surface area contributed by atoms with Gasteiger partial charge in [-0.2, -0.15) is 0 Å². The van der Waals surface area contributed by atoms with E-state index in [0.717, 1.165) is 27.8 Å². The van der Waals surface area contributed by atoms with Gasteiger partial charge >= 0.3 is 5.97 Å². The van der Waals surface area contributed by atoms with Crippen LogP contribution in [0.5, 0.6) is 11.5 Å². The topological polar surface area (TPSA) is 82.1 Å². The number of thioether (sulfide) groups is 1. The Balaban J connectivity index is 1.86. The lowest BCUT2D eigenvalue weighted by atomic mass is 10.0. The van der Waals surface area contributed by atoms with Crippen LogP contribution >= 0.6 is 11.8 Å². The molecule has 0 unspecified atom stereocenters. The Morgan fingerprint density at radius 2 is 1.94 bits per heavy atom. The number of hydrogen-bond donors (Lipinski definition) is 0. The van der Waals surface area contributed by atoms with E-state index in [9.17, 15) is 18.8 Å². The molecule has 7 nitrogen and oxygen atoms in total. The Morgan fingerprint density at radius 1 is 1.21 bits per heavy atom. The number of amides is 2. The number of esters is 1. The fourth-order valence-corrected chi connectivity index (χ4v) is 4.09. The van der Waals surface area contributed by atoms with Crippen molar-refractivity contribution in [2.24, 2.45) is 0 Å². The van der Waals surface area contributed by atoms with E-state index in [2.05, 4.69) is 6.58 Å². The largest absolute Gasteiger partial charge is 0.493 e. The average Bonchev–Trinajstić information content (AvgIpc) is 3.06. The molecule has 178 valence electrons. The first-order valence-corrected chi connectivity index (χ1v) is 11.3. The van der Waals surface area contributed by atoms with Crippen molar-refractivity contribution in [1.29, 1.82) is 0 Å². The van der Waals surface area contributed by atoms with Crippen LogP contribution in [0.2, 0.25) is 0 Å². The molecule has 0 spiro atoms. The fourth-order valence-electron chi connectivity index (χ4n) is 3.25. The van der Waals surface area contributed by atoms with Gasteiger partial charge in [-0.1, -0.05) is 18.2 Å². The highest BCUT2D eigenvalue weighted by molar-refractivity contribution is 8.18. The molecule has 34 heavy (non-hydrogen) atoms. The van der Waals surface area contributed by atoms with E-state index < -0.39 is 23.7 Å². The molecule has 1 heterocycles. The summed E-state index contributed by atoms with van der Waals surface area (Å²) in [5.74, 6) is -0.616. The monoisotopic (exact) mass is 485 g/mol. The van der Waals surface area contributed by atoms with Crippen LogP contribution in [-0.4, -0.2) is 42.3 Å². The summed E-state index contributed by atoms with van der Waals surface area (Å²) < 4.78 is 29.5. The molecule has 0 aromatic heterocycles. The molecule has 9 heteroatoms. The zero-order valence-electron chi connectivity index (χ0n) is 18.8. The second-order valence-corrected chi connectivity index (χ2v) is 8.19. The van der Waals surface area contributed by atoms with Crippen molar-refractivity contribution in [3.63, 3.8) is 0 Å². The Labute approximate surface area is 201 Å². The highest BCUT2D eigenvalue weighted by Crippen LogP contribution is 2.37. The van der Waals surface area contributed by atoms with Gasteiger partial charge in [0.15, 0.2) is 11.5 Å². The molecule has 2 aromatic rings. The van der Waals surface area contributed by atoms with Crippen LogP contribution < -0.4 is 9.47 Å². The van der Waals surface area contributed by atoms with Gasteiger partial charge in [-0.05, 0) is 66.6 Å². The number of carbonyl (C=O) groups excluding carboxylic acids is 3. The third kappa shape index (κ3) is 6.05. The molecule has 2 amide bonds. The van der Waals surface area contributed by atoms with Gasteiger partial charge in [-0.15, -0.1) is 6.58 Å². The Morgan fingerprint density at radius 3 is 2.59 bits per heavy atom. The third-order valence-electron chi connectivity index (χ3n) is 4.80. The number of methoxy groups -OCH3 is 1. The van der Waals surface area contributed by atoms with Gasteiger partial charge in [0.2, 0.25) is 0 Å². The molecule has 3 rings (SSSR count). The maximum atomic E-state index is 13.2. The van der Waals surface area contributed by atoms with Crippen LogP contribution in [0, 0.1) is 5.82 Å². The average molecular weight is 486 g/mol. The van der Waals surface area contributed by atoms with Crippen molar-refractivity contribution in [3.05, 3.63) is 76.5 Å². The summed E-state index contributed by atoms with van der Waals surface area (Å²) in [5, 5.41) is -0.540. The summed E-state index contributed by atoms with van der Waals surface area (Å²) in [6.07, 6.45) is 3.73. The molecular formula is C25H24FNO6S. The molecule has 0 aliphatic carbocycles. The van der Waals surface area contributed by atoms with Crippen molar-refractivity contribution < 1.29 is 33.0 Å². The van der Waals surface area contributed by atoms with E-state index in [1.54, 1.807) is 37.3 Å². The smallest absolute Gasteiger partial charge is 0.326 e. The molecule has 1 aliphatic rings. The van der Waals surface area contributed by atoms with Gasteiger partial charge in [0.25, 0.3) is 11.1 Å². The second kappa shape index (κ2) is 11.5. The first-order chi connectivity index (χ1) is 16.4. The SMILES string of the molecule is C=CCc1cc(/C=C2/SC(=O)N(CC(=O)OCC)C2=O)cc(OC)c1OCc1ccc(F)cc1. The van der Waals surface area contributed by atoms with Gasteiger partial charge in [-0.3, -0.25) is 19.3 Å². The van der Waals surface area contributed by atoms with Crippen molar-refractivity contribution in [3.8, 4) is 11.5 Å². The summed E-state index contributed by atoms with van der Waals surface area (Å²) in [6.45, 7) is 5.35. The molecule has 1 saturated heterocycles. The standard InChI is InChI=1S/C25H24FNO6S/c1-4-6-18-11-17(13-21-24(29)27(25(30)34-21)14-22(28)32-5-2)12-20(31-3)23(18)33-15-16-7-9-19(26)10-8-16/h4,7-13H,1,5-6,14-15H2,2-3H3/b21-13+. The molecule has 0 bridgehead atoms. The lowest BCUT2D eigenvalue weighted by Gasteiger charge is -2.16. The first-order valence-electron chi connectivity index (χ1n) is 10.5. The maximum absolute atomic E-state index is 13.2. The van der Waals surface area contributed by atoms with Crippen LogP contribution in [0.4, 0.5) is 9.18 Å². The number of allylic oxidation sites excluding steroid dienone is 1. The number of imide groups is 1.